The van der Waals surface area contributed by atoms with Crippen LogP contribution in [0.3, 0.4) is 0 Å². The molecule has 0 spiro atoms. The maximum atomic E-state index is 13.3. The number of carbonyl (C=O) groups is 1. The number of ether oxygens (including phenoxy) is 1. The number of para-hydroxylation sites is 1. The number of aryl methyl sites for hydroxylation is 1. The highest BCUT2D eigenvalue weighted by atomic mass is 16.5. The van der Waals surface area contributed by atoms with Crippen LogP contribution in [0.2, 0.25) is 0 Å². The number of hydrogen-bond acceptors (Lipinski definition) is 2. The van der Waals surface area contributed by atoms with E-state index in [9.17, 15) is 4.79 Å². The SMILES string of the molecule is CCc1ccccc1O[C@H](C)C(=O)N(Cc1ccccc1)Cc1ccccc1. The molecule has 0 aliphatic heterocycles. The van der Waals surface area contributed by atoms with Gasteiger partial charge in [0.1, 0.15) is 5.75 Å². The van der Waals surface area contributed by atoms with E-state index in [1.807, 2.05) is 96.8 Å². The molecule has 0 aromatic heterocycles. The van der Waals surface area contributed by atoms with Crippen molar-refractivity contribution in [2.75, 3.05) is 0 Å². The van der Waals surface area contributed by atoms with E-state index in [0.29, 0.717) is 13.1 Å². The Bertz CT molecular complexity index is 836. The summed E-state index contributed by atoms with van der Waals surface area (Å²) in [7, 11) is 0. The average molecular weight is 373 g/mol. The van der Waals surface area contributed by atoms with Gasteiger partial charge in [-0.05, 0) is 36.1 Å². The number of benzene rings is 3. The van der Waals surface area contributed by atoms with Crippen LogP contribution >= 0.6 is 0 Å². The summed E-state index contributed by atoms with van der Waals surface area (Å²) in [6, 6.07) is 28.1. The molecule has 1 atom stereocenters. The first-order valence-electron chi connectivity index (χ1n) is 9.78. The second kappa shape index (κ2) is 9.75. The summed E-state index contributed by atoms with van der Waals surface area (Å²) in [5.74, 6) is 0.767. The first-order chi connectivity index (χ1) is 13.7. The van der Waals surface area contributed by atoms with Crippen LogP contribution in [0, 0.1) is 0 Å². The maximum Gasteiger partial charge on any atom is 0.263 e. The highest BCUT2D eigenvalue weighted by Crippen LogP contribution is 2.21. The van der Waals surface area contributed by atoms with Crippen LogP contribution < -0.4 is 4.74 Å². The van der Waals surface area contributed by atoms with Crippen molar-refractivity contribution in [1.29, 1.82) is 0 Å². The predicted molar refractivity (Wildman–Crippen MR) is 113 cm³/mol. The Balaban J connectivity index is 1.78. The van der Waals surface area contributed by atoms with Crippen LogP contribution in [0.4, 0.5) is 0 Å². The van der Waals surface area contributed by atoms with E-state index in [-0.39, 0.29) is 5.91 Å². The standard InChI is InChI=1S/C25H27NO2/c1-3-23-16-10-11-17-24(23)28-20(2)25(27)26(18-21-12-6-4-7-13-21)19-22-14-8-5-9-15-22/h4-17,20H,3,18-19H2,1-2H3/t20-/m1/s1. The molecule has 28 heavy (non-hydrogen) atoms. The lowest BCUT2D eigenvalue weighted by atomic mass is 10.1. The second-order valence-electron chi connectivity index (χ2n) is 6.89. The first kappa shape index (κ1) is 19.7. The fraction of sp³-hybridized carbons (Fsp3) is 0.240. The van der Waals surface area contributed by atoms with Crippen LogP contribution in [-0.2, 0) is 24.3 Å². The zero-order valence-corrected chi connectivity index (χ0v) is 16.5. The van der Waals surface area contributed by atoms with Gasteiger partial charge in [-0.15, -0.1) is 0 Å². The number of amides is 1. The zero-order chi connectivity index (χ0) is 19.8. The largest absolute Gasteiger partial charge is 0.481 e. The van der Waals surface area contributed by atoms with Crippen LogP contribution in [-0.4, -0.2) is 16.9 Å². The molecule has 1 amide bonds. The van der Waals surface area contributed by atoms with Crippen molar-refractivity contribution in [1.82, 2.24) is 4.90 Å². The van der Waals surface area contributed by atoms with E-state index in [4.69, 9.17) is 4.74 Å². The number of nitrogens with zero attached hydrogens (tertiary/aromatic N) is 1. The molecule has 3 aromatic rings. The average Bonchev–Trinajstić information content (AvgIpc) is 2.74. The van der Waals surface area contributed by atoms with Gasteiger partial charge in [0.05, 0.1) is 0 Å². The number of hydrogen-bond donors (Lipinski definition) is 0. The van der Waals surface area contributed by atoms with Gasteiger partial charge in [0, 0.05) is 13.1 Å². The van der Waals surface area contributed by atoms with Gasteiger partial charge >= 0.3 is 0 Å². The fourth-order valence-corrected chi connectivity index (χ4v) is 3.23. The number of rotatable bonds is 8. The van der Waals surface area contributed by atoms with Crippen molar-refractivity contribution in [3.63, 3.8) is 0 Å². The molecule has 0 radical (unpaired) electrons. The van der Waals surface area contributed by atoms with Crippen molar-refractivity contribution in [2.24, 2.45) is 0 Å². The Hall–Kier alpha value is -3.07. The minimum atomic E-state index is -0.555. The van der Waals surface area contributed by atoms with Crippen LogP contribution in [0.15, 0.2) is 84.9 Å². The van der Waals surface area contributed by atoms with E-state index >= 15 is 0 Å². The Labute approximate surface area is 167 Å². The van der Waals surface area contributed by atoms with Gasteiger partial charge in [0.25, 0.3) is 5.91 Å². The molecule has 3 nitrogen and oxygen atoms in total. The first-order valence-corrected chi connectivity index (χ1v) is 9.78. The summed E-state index contributed by atoms with van der Waals surface area (Å²) in [5, 5.41) is 0. The smallest absolute Gasteiger partial charge is 0.263 e. The topological polar surface area (TPSA) is 29.5 Å². The highest BCUT2D eigenvalue weighted by molar-refractivity contribution is 5.81. The van der Waals surface area contributed by atoms with E-state index in [1.165, 1.54) is 0 Å². The zero-order valence-electron chi connectivity index (χ0n) is 16.5. The summed E-state index contributed by atoms with van der Waals surface area (Å²) in [6.07, 6.45) is 0.314. The summed E-state index contributed by atoms with van der Waals surface area (Å²) in [6.45, 7) is 5.03. The Morgan fingerprint density at radius 2 is 1.32 bits per heavy atom. The van der Waals surface area contributed by atoms with Crippen molar-refractivity contribution in [3.05, 3.63) is 102 Å². The third-order valence-corrected chi connectivity index (χ3v) is 4.75. The number of carbonyl (C=O) groups excluding carboxylic acids is 1. The van der Waals surface area contributed by atoms with E-state index in [1.54, 1.807) is 0 Å². The molecule has 3 heteroatoms. The summed E-state index contributed by atoms with van der Waals surface area (Å²) in [4.78, 5) is 15.1. The lowest BCUT2D eigenvalue weighted by Crippen LogP contribution is -2.39. The minimum Gasteiger partial charge on any atom is -0.481 e. The van der Waals surface area contributed by atoms with Crippen molar-refractivity contribution < 1.29 is 9.53 Å². The molecule has 144 valence electrons. The van der Waals surface area contributed by atoms with Crippen LogP contribution in [0.25, 0.3) is 0 Å². The van der Waals surface area contributed by atoms with Crippen molar-refractivity contribution >= 4 is 5.91 Å². The summed E-state index contributed by atoms with van der Waals surface area (Å²) in [5.41, 5.74) is 3.32. The molecule has 3 aromatic carbocycles. The summed E-state index contributed by atoms with van der Waals surface area (Å²) >= 11 is 0. The molecule has 0 saturated heterocycles. The van der Waals surface area contributed by atoms with Gasteiger partial charge in [-0.1, -0.05) is 85.8 Å². The summed E-state index contributed by atoms with van der Waals surface area (Å²) < 4.78 is 6.06. The molecule has 0 aliphatic carbocycles. The van der Waals surface area contributed by atoms with Gasteiger partial charge in [-0.2, -0.15) is 0 Å². The van der Waals surface area contributed by atoms with Gasteiger partial charge in [-0.3, -0.25) is 4.79 Å². The van der Waals surface area contributed by atoms with Gasteiger partial charge in [0.2, 0.25) is 0 Å². The van der Waals surface area contributed by atoms with Crippen LogP contribution in [0.5, 0.6) is 5.75 Å². The second-order valence-corrected chi connectivity index (χ2v) is 6.89. The maximum absolute atomic E-state index is 13.3. The fourth-order valence-electron chi connectivity index (χ4n) is 3.23. The van der Waals surface area contributed by atoms with Crippen molar-refractivity contribution in [2.45, 2.75) is 39.5 Å². The van der Waals surface area contributed by atoms with Gasteiger partial charge in [0.15, 0.2) is 6.10 Å². The predicted octanol–water partition coefficient (Wildman–Crippen LogP) is 5.25. The molecule has 0 heterocycles. The highest BCUT2D eigenvalue weighted by Gasteiger charge is 2.23. The van der Waals surface area contributed by atoms with E-state index in [2.05, 4.69) is 6.92 Å². The lowest BCUT2D eigenvalue weighted by molar-refractivity contribution is -0.139. The van der Waals surface area contributed by atoms with Crippen molar-refractivity contribution in [3.8, 4) is 5.75 Å². The van der Waals surface area contributed by atoms with Crippen LogP contribution in [0.1, 0.15) is 30.5 Å². The van der Waals surface area contributed by atoms with Gasteiger partial charge < -0.3 is 9.64 Å². The molecule has 3 rings (SSSR count). The molecule has 0 bridgehead atoms. The third-order valence-electron chi connectivity index (χ3n) is 4.75. The monoisotopic (exact) mass is 373 g/mol. The third kappa shape index (κ3) is 5.23. The molecule has 0 fully saturated rings. The van der Waals surface area contributed by atoms with E-state index < -0.39 is 6.10 Å². The Morgan fingerprint density at radius 3 is 1.86 bits per heavy atom. The normalized spacial score (nSPS) is 11.6. The minimum absolute atomic E-state index is 0.0152. The van der Waals surface area contributed by atoms with Gasteiger partial charge in [-0.25, -0.2) is 0 Å². The molecule has 0 saturated carbocycles. The molecular weight excluding hydrogens is 346 g/mol. The molecule has 0 unspecified atom stereocenters. The Kier molecular flexibility index (Phi) is 6.85. The molecule has 0 aliphatic rings. The molecule has 0 N–H and O–H groups in total. The lowest BCUT2D eigenvalue weighted by Gasteiger charge is -2.27. The molecular formula is C25H27NO2. The van der Waals surface area contributed by atoms with E-state index in [0.717, 1.165) is 28.9 Å². The Morgan fingerprint density at radius 1 is 0.821 bits per heavy atom. The quantitative estimate of drug-likeness (QED) is 0.540.